The van der Waals surface area contributed by atoms with Crippen LogP contribution in [0.15, 0.2) is 23.1 Å². The average molecular weight is 361 g/mol. The molecule has 0 bridgehead atoms. The van der Waals surface area contributed by atoms with Gasteiger partial charge in [0.05, 0.1) is 11.6 Å². The molecule has 128 valence electrons. The lowest BCUT2D eigenvalue weighted by molar-refractivity contribution is -0.138. The summed E-state index contributed by atoms with van der Waals surface area (Å²) in [6.07, 6.45) is 1.21. The van der Waals surface area contributed by atoms with Crippen molar-refractivity contribution in [1.82, 2.24) is 9.21 Å². The SMILES string of the molecule is Cc1ccc(S(=O)(=O)N2CCC(N(C)CC(=O)O)CC2)c(Cl)c1. The quantitative estimate of drug-likeness (QED) is 0.866. The lowest BCUT2D eigenvalue weighted by atomic mass is 10.1. The minimum absolute atomic E-state index is 0.0405. The first kappa shape index (κ1) is 18.2. The molecule has 1 fully saturated rings. The topological polar surface area (TPSA) is 77.9 Å². The van der Waals surface area contributed by atoms with E-state index in [1.165, 1.54) is 10.4 Å². The van der Waals surface area contributed by atoms with E-state index >= 15 is 0 Å². The third-order valence-electron chi connectivity index (χ3n) is 4.14. The van der Waals surface area contributed by atoms with Gasteiger partial charge in [0.2, 0.25) is 10.0 Å². The minimum Gasteiger partial charge on any atom is -0.480 e. The molecule has 1 heterocycles. The van der Waals surface area contributed by atoms with Crippen LogP contribution in [0.4, 0.5) is 0 Å². The molecule has 0 amide bonds. The van der Waals surface area contributed by atoms with E-state index in [9.17, 15) is 13.2 Å². The molecule has 1 saturated heterocycles. The first-order valence-electron chi connectivity index (χ1n) is 7.40. The van der Waals surface area contributed by atoms with Crippen molar-refractivity contribution < 1.29 is 18.3 Å². The number of piperidine rings is 1. The number of sulfonamides is 1. The fourth-order valence-electron chi connectivity index (χ4n) is 2.82. The average Bonchev–Trinajstić information content (AvgIpc) is 2.46. The largest absolute Gasteiger partial charge is 0.480 e. The monoisotopic (exact) mass is 360 g/mol. The molecule has 1 aromatic carbocycles. The van der Waals surface area contributed by atoms with Crippen molar-refractivity contribution in [3.8, 4) is 0 Å². The molecule has 0 saturated carbocycles. The summed E-state index contributed by atoms with van der Waals surface area (Å²) in [4.78, 5) is 12.6. The number of hydrogen-bond donors (Lipinski definition) is 1. The first-order chi connectivity index (χ1) is 10.7. The number of likely N-dealkylation sites (N-methyl/N-ethyl adjacent to an activating group) is 1. The number of carboxylic acids is 1. The zero-order valence-corrected chi connectivity index (χ0v) is 14.8. The molecule has 1 aliphatic heterocycles. The van der Waals surface area contributed by atoms with E-state index in [2.05, 4.69) is 0 Å². The summed E-state index contributed by atoms with van der Waals surface area (Å²) >= 11 is 6.09. The zero-order valence-electron chi connectivity index (χ0n) is 13.2. The van der Waals surface area contributed by atoms with E-state index in [0.29, 0.717) is 25.9 Å². The van der Waals surface area contributed by atoms with Gasteiger partial charge in [0, 0.05) is 19.1 Å². The molecule has 6 nitrogen and oxygen atoms in total. The Morgan fingerprint density at radius 2 is 2.00 bits per heavy atom. The highest BCUT2D eigenvalue weighted by Gasteiger charge is 2.32. The number of carboxylic acid groups (broad SMARTS) is 1. The summed E-state index contributed by atoms with van der Waals surface area (Å²) in [5, 5.41) is 9.07. The van der Waals surface area contributed by atoms with E-state index in [1.54, 1.807) is 24.1 Å². The van der Waals surface area contributed by atoms with Gasteiger partial charge >= 0.3 is 5.97 Å². The number of carbonyl (C=O) groups is 1. The van der Waals surface area contributed by atoms with Gasteiger partial charge in [-0.15, -0.1) is 0 Å². The van der Waals surface area contributed by atoms with E-state index in [-0.39, 0.29) is 22.5 Å². The Morgan fingerprint density at radius 3 is 2.52 bits per heavy atom. The fraction of sp³-hybridized carbons (Fsp3) is 0.533. The fourth-order valence-corrected chi connectivity index (χ4v) is 4.86. The van der Waals surface area contributed by atoms with Crippen LogP contribution in [0.5, 0.6) is 0 Å². The number of aliphatic carboxylic acids is 1. The summed E-state index contributed by atoms with van der Waals surface area (Å²) in [6.45, 7) is 2.54. The molecule has 1 aromatic rings. The molecular weight excluding hydrogens is 340 g/mol. The number of halogens is 1. The van der Waals surface area contributed by atoms with Crippen molar-refractivity contribution in [1.29, 1.82) is 0 Å². The van der Waals surface area contributed by atoms with Gasteiger partial charge in [0.1, 0.15) is 4.90 Å². The molecule has 2 rings (SSSR count). The summed E-state index contributed by atoms with van der Waals surface area (Å²) in [5.74, 6) is -0.881. The van der Waals surface area contributed by atoms with Gasteiger partial charge in [-0.3, -0.25) is 9.69 Å². The zero-order chi connectivity index (χ0) is 17.2. The van der Waals surface area contributed by atoms with Gasteiger partial charge < -0.3 is 5.11 Å². The highest BCUT2D eigenvalue weighted by molar-refractivity contribution is 7.89. The number of rotatable bonds is 5. The maximum atomic E-state index is 12.7. The predicted molar refractivity (Wildman–Crippen MR) is 88.2 cm³/mol. The maximum Gasteiger partial charge on any atom is 0.317 e. The summed E-state index contributed by atoms with van der Waals surface area (Å²) in [5.41, 5.74) is 0.906. The van der Waals surface area contributed by atoms with Crippen LogP contribution >= 0.6 is 11.6 Å². The Bertz CT molecular complexity index is 685. The maximum absolute atomic E-state index is 12.7. The molecule has 0 aromatic heterocycles. The smallest absolute Gasteiger partial charge is 0.317 e. The minimum atomic E-state index is -3.62. The van der Waals surface area contributed by atoms with Crippen LogP contribution < -0.4 is 0 Å². The van der Waals surface area contributed by atoms with E-state index in [1.807, 2.05) is 6.92 Å². The van der Waals surface area contributed by atoms with E-state index < -0.39 is 16.0 Å². The van der Waals surface area contributed by atoms with Crippen LogP contribution in [0.2, 0.25) is 5.02 Å². The van der Waals surface area contributed by atoms with Gasteiger partial charge in [0.15, 0.2) is 0 Å². The number of nitrogens with zero attached hydrogens (tertiary/aromatic N) is 2. The number of benzene rings is 1. The van der Waals surface area contributed by atoms with Gasteiger partial charge in [-0.25, -0.2) is 8.42 Å². The van der Waals surface area contributed by atoms with Crippen molar-refractivity contribution >= 4 is 27.6 Å². The summed E-state index contributed by atoms with van der Waals surface area (Å²) < 4.78 is 26.8. The molecule has 0 radical (unpaired) electrons. The molecule has 1 aliphatic rings. The highest BCUT2D eigenvalue weighted by atomic mass is 35.5. The second kappa shape index (κ2) is 7.17. The van der Waals surface area contributed by atoms with E-state index in [4.69, 9.17) is 16.7 Å². The number of aryl methyl sites for hydroxylation is 1. The molecule has 0 atom stereocenters. The van der Waals surface area contributed by atoms with Crippen molar-refractivity contribution in [3.63, 3.8) is 0 Å². The molecule has 0 spiro atoms. The lowest BCUT2D eigenvalue weighted by Gasteiger charge is -2.35. The van der Waals surface area contributed by atoms with Crippen LogP contribution in [0.3, 0.4) is 0 Å². The van der Waals surface area contributed by atoms with Crippen molar-refractivity contribution in [2.24, 2.45) is 0 Å². The molecule has 23 heavy (non-hydrogen) atoms. The van der Waals surface area contributed by atoms with Gasteiger partial charge in [-0.05, 0) is 44.5 Å². The lowest BCUT2D eigenvalue weighted by Crippen LogP contribution is -2.46. The Hall–Kier alpha value is -1.15. The van der Waals surface area contributed by atoms with Crippen molar-refractivity contribution in [2.45, 2.75) is 30.7 Å². The molecular formula is C15H21ClN2O4S. The Balaban J connectivity index is 2.08. The molecule has 0 aliphatic carbocycles. The Morgan fingerprint density at radius 1 is 1.39 bits per heavy atom. The van der Waals surface area contributed by atoms with Crippen molar-refractivity contribution in [3.05, 3.63) is 28.8 Å². The molecule has 1 N–H and O–H groups in total. The Labute approximate surface area is 141 Å². The van der Waals surface area contributed by atoms with E-state index in [0.717, 1.165) is 5.56 Å². The predicted octanol–water partition coefficient (Wildman–Crippen LogP) is 1.82. The second-order valence-corrected chi connectivity index (χ2v) is 8.19. The highest BCUT2D eigenvalue weighted by Crippen LogP contribution is 2.28. The molecule has 8 heteroatoms. The second-order valence-electron chi connectivity index (χ2n) is 5.88. The van der Waals surface area contributed by atoms with Crippen LogP contribution in [0, 0.1) is 6.92 Å². The summed E-state index contributed by atoms with van der Waals surface area (Å²) in [6, 6.07) is 4.98. The normalized spacial score (nSPS) is 17.6. The third-order valence-corrected chi connectivity index (χ3v) is 6.52. The van der Waals surface area contributed by atoms with Gasteiger partial charge in [-0.2, -0.15) is 4.31 Å². The first-order valence-corrected chi connectivity index (χ1v) is 9.22. The standard InChI is InChI=1S/C15H21ClN2O4S/c1-11-3-4-14(13(16)9-11)23(21,22)18-7-5-12(6-8-18)17(2)10-15(19)20/h3-4,9,12H,5-8,10H2,1-2H3,(H,19,20). The van der Waals surface area contributed by atoms with Crippen molar-refractivity contribution in [2.75, 3.05) is 26.7 Å². The van der Waals surface area contributed by atoms with Crippen LogP contribution in [-0.2, 0) is 14.8 Å². The third kappa shape index (κ3) is 4.23. The summed E-state index contributed by atoms with van der Waals surface area (Å²) in [7, 11) is -1.87. The van der Waals surface area contributed by atoms with Gasteiger partial charge in [0.25, 0.3) is 0 Å². The van der Waals surface area contributed by atoms with Crippen LogP contribution in [0.25, 0.3) is 0 Å². The Kier molecular flexibility index (Phi) is 5.67. The van der Waals surface area contributed by atoms with Crippen LogP contribution in [0.1, 0.15) is 18.4 Å². The number of hydrogen-bond acceptors (Lipinski definition) is 4. The van der Waals surface area contributed by atoms with Crippen LogP contribution in [-0.4, -0.2) is 61.4 Å². The van der Waals surface area contributed by atoms with Gasteiger partial charge in [-0.1, -0.05) is 17.7 Å². The molecule has 0 unspecified atom stereocenters.